The Morgan fingerprint density at radius 3 is 2.50 bits per heavy atom. The van der Waals surface area contributed by atoms with Crippen molar-refractivity contribution in [2.75, 3.05) is 4.72 Å². The van der Waals surface area contributed by atoms with Crippen LogP contribution in [0, 0.1) is 12.7 Å². The minimum Gasteiger partial charge on any atom is -0.277 e. The molecule has 0 aliphatic heterocycles. The highest BCUT2D eigenvalue weighted by atomic mass is 35.5. The first kappa shape index (κ1) is 15.1. The molecule has 0 saturated carbocycles. The molecule has 0 atom stereocenters. The van der Waals surface area contributed by atoms with Crippen LogP contribution >= 0.6 is 23.2 Å². The van der Waals surface area contributed by atoms with Gasteiger partial charge in [0.05, 0.1) is 15.7 Å². The molecule has 106 valence electrons. The first-order valence-corrected chi connectivity index (χ1v) is 7.78. The van der Waals surface area contributed by atoms with Gasteiger partial charge in [-0.25, -0.2) is 12.8 Å². The molecule has 3 nitrogen and oxygen atoms in total. The second-order valence-corrected chi connectivity index (χ2v) is 6.58. The highest BCUT2D eigenvalue weighted by Crippen LogP contribution is 2.30. The zero-order valence-corrected chi connectivity index (χ0v) is 12.7. The van der Waals surface area contributed by atoms with Gasteiger partial charge in [-0.05, 0) is 36.8 Å². The van der Waals surface area contributed by atoms with Gasteiger partial charge >= 0.3 is 0 Å². The number of anilines is 1. The Morgan fingerprint density at radius 2 is 1.85 bits per heavy atom. The molecule has 0 unspecified atom stereocenters. The fraction of sp³-hybridized carbons (Fsp3) is 0.0769. The van der Waals surface area contributed by atoms with Gasteiger partial charge in [-0.3, -0.25) is 4.72 Å². The van der Waals surface area contributed by atoms with Crippen LogP contribution in [0.5, 0.6) is 0 Å². The predicted octanol–water partition coefficient (Wildman–Crippen LogP) is 4.24. The monoisotopic (exact) mass is 333 g/mol. The average Bonchev–Trinajstić information content (AvgIpc) is 2.36. The van der Waals surface area contributed by atoms with E-state index < -0.39 is 15.8 Å². The molecule has 0 bridgehead atoms. The maximum atomic E-state index is 13.7. The third-order valence-electron chi connectivity index (χ3n) is 2.57. The molecule has 20 heavy (non-hydrogen) atoms. The topological polar surface area (TPSA) is 46.2 Å². The molecule has 0 saturated heterocycles. The lowest BCUT2D eigenvalue weighted by Crippen LogP contribution is -2.14. The van der Waals surface area contributed by atoms with Crippen LogP contribution in [0.15, 0.2) is 41.3 Å². The molecule has 7 heteroatoms. The average molecular weight is 334 g/mol. The largest absolute Gasteiger partial charge is 0.277 e. The van der Waals surface area contributed by atoms with Gasteiger partial charge in [0.25, 0.3) is 10.0 Å². The number of rotatable bonds is 3. The van der Waals surface area contributed by atoms with Gasteiger partial charge in [0, 0.05) is 0 Å². The van der Waals surface area contributed by atoms with E-state index in [9.17, 15) is 12.8 Å². The Morgan fingerprint density at radius 1 is 1.15 bits per heavy atom. The van der Waals surface area contributed by atoms with E-state index in [4.69, 9.17) is 23.2 Å². The molecule has 0 radical (unpaired) electrons. The Hall–Kier alpha value is -1.30. The Bertz CT molecular complexity index is 763. The number of sulfonamides is 1. The summed E-state index contributed by atoms with van der Waals surface area (Å²) in [6.45, 7) is 1.70. The van der Waals surface area contributed by atoms with Crippen LogP contribution in [0.4, 0.5) is 10.1 Å². The number of benzene rings is 2. The van der Waals surface area contributed by atoms with Gasteiger partial charge in [0.1, 0.15) is 10.7 Å². The van der Waals surface area contributed by atoms with E-state index in [1.807, 2.05) is 0 Å². The molecular weight excluding hydrogens is 324 g/mol. The molecule has 0 spiro atoms. The van der Waals surface area contributed by atoms with Crippen LogP contribution < -0.4 is 4.72 Å². The molecule has 0 aliphatic carbocycles. The summed E-state index contributed by atoms with van der Waals surface area (Å²) in [5, 5.41) is 0.00751. The Labute approximate surface area is 126 Å². The standard InChI is InChI=1S/C13H10Cl2FNO2S/c1-8-5-6-11(10(16)7-8)17-20(18,19)12-4-2-3-9(14)13(12)15/h2-7,17H,1H3. The number of hydrogen-bond donors (Lipinski definition) is 1. The normalized spacial score (nSPS) is 11.4. The minimum absolute atomic E-state index is 0.103. The van der Waals surface area contributed by atoms with Gasteiger partial charge < -0.3 is 0 Å². The molecule has 1 N–H and O–H groups in total. The van der Waals surface area contributed by atoms with E-state index in [0.29, 0.717) is 5.56 Å². The van der Waals surface area contributed by atoms with Gasteiger partial charge in [-0.2, -0.15) is 0 Å². The lowest BCUT2D eigenvalue weighted by Gasteiger charge is -2.11. The van der Waals surface area contributed by atoms with E-state index in [0.717, 1.165) is 0 Å². The van der Waals surface area contributed by atoms with Crippen molar-refractivity contribution in [2.24, 2.45) is 0 Å². The van der Waals surface area contributed by atoms with Crippen LogP contribution in [-0.4, -0.2) is 8.42 Å². The fourth-order valence-electron chi connectivity index (χ4n) is 1.59. The maximum Gasteiger partial charge on any atom is 0.263 e. The highest BCUT2D eigenvalue weighted by Gasteiger charge is 2.20. The summed E-state index contributed by atoms with van der Waals surface area (Å²) in [6.07, 6.45) is 0. The second-order valence-electron chi connectivity index (χ2n) is 4.14. The summed E-state index contributed by atoms with van der Waals surface area (Å²) in [5.74, 6) is -0.660. The van der Waals surface area contributed by atoms with Crippen molar-refractivity contribution in [3.8, 4) is 0 Å². The van der Waals surface area contributed by atoms with Crippen molar-refractivity contribution in [3.05, 3.63) is 57.8 Å². The Kier molecular flexibility index (Phi) is 4.22. The first-order valence-electron chi connectivity index (χ1n) is 5.54. The van der Waals surface area contributed by atoms with E-state index in [1.54, 1.807) is 13.0 Å². The summed E-state index contributed by atoms with van der Waals surface area (Å²) in [6, 6.07) is 8.39. The molecule has 0 amide bonds. The van der Waals surface area contributed by atoms with Crippen molar-refractivity contribution in [1.82, 2.24) is 0 Å². The van der Waals surface area contributed by atoms with Crippen molar-refractivity contribution >= 4 is 38.9 Å². The maximum absolute atomic E-state index is 13.7. The second kappa shape index (κ2) is 5.60. The molecule has 2 aromatic carbocycles. The van der Waals surface area contributed by atoms with Crippen molar-refractivity contribution < 1.29 is 12.8 Å². The fourth-order valence-corrected chi connectivity index (χ4v) is 3.42. The molecule has 2 rings (SSSR count). The summed E-state index contributed by atoms with van der Waals surface area (Å²) < 4.78 is 40.2. The number of hydrogen-bond acceptors (Lipinski definition) is 2. The van der Waals surface area contributed by atoms with Crippen molar-refractivity contribution in [3.63, 3.8) is 0 Å². The minimum atomic E-state index is -4.01. The van der Waals surface area contributed by atoms with Crippen LogP contribution in [-0.2, 0) is 10.0 Å². The van der Waals surface area contributed by atoms with Gasteiger partial charge in [0.2, 0.25) is 0 Å². The summed E-state index contributed by atoms with van der Waals surface area (Å²) >= 11 is 11.6. The highest BCUT2D eigenvalue weighted by molar-refractivity contribution is 7.92. The van der Waals surface area contributed by atoms with Gasteiger partial charge in [-0.1, -0.05) is 35.3 Å². The van der Waals surface area contributed by atoms with E-state index >= 15 is 0 Å². The van der Waals surface area contributed by atoms with Crippen LogP contribution in [0.1, 0.15) is 5.56 Å². The van der Waals surface area contributed by atoms with Crippen LogP contribution in [0.3, 0.4) is 0 Å². The van der Waals surface area contributed by atoms with Gasteiger partial charge in [-0.15, -0.1) is 0 Å². The lowest BCUT2D eigenvalue weighted by molar-refractivity contribution is 0.598. The molecule has 0 fully saturated rings. The molecule has 2 aromatic rings. The predicted molar refractivity (Wildman–Crippen MR) is 78.4 cm³/mol. The van der Waals surface area contributed by atoms with E-state index in [1.165, 1.54) is 30.3 Å². The first-order chi connectivity index (χ1) is 9.31. The molecule has 0 aromatic heterocycles. The molecular formula is C13H10Cl2FNO2S. The number of nitrogens with one attached hydrogen (secondary N) is 1. The van der Waals surface area contributed by atoms with E-state index in [-0.39, 0.29) is 20.6 Å². The summed E-state index contributed by atoms with van der Waals surface area (Å²) in [4.78, 5) is -0.202. The molecule has 0 heterocycles. The number of aryl methyl sites for hydroxylation is 1. The van der Waals surface area contributed by atoms with E-state index in [2.05, 4.69) is 4.72 Å². The quantitative estimate of drug-likeness (QED) is 0.912. The smallest absolute Gasteiger partial charge is 0.263 e. The zero-order valence-electron chi connectivity index (χ0n) is 10.3. The third kappa shape index (κ3) is 3.06. The summed E-state index contributed by atoms with van der Waals surface area (Å²) in [7, 11) is -4.01. The third-order valence-corrected chi connectivity index (χ3v) is 4.91. The molecule has 0 aliphatic rings. The number of halogens is 3. The lowest BCUT2D eigenvalue weighted by atomic mass is 10.2. The van der Waals surface area contributed by atoms with Crippen LogP contribution in [0.25, 0.3) is 0 Å². The zero-order chi connectivity index (χ0) is 14.9. The SMILES string of the molecule is Cc1ccc(NS(=O)(=O)c2cccc(Cl)c2Cl)c(F)c1. The van der Waals surface area contributed by atoms with Crippen LogP contribution in [0.2, 0.25) is 10.0 Å². The van der Waals surface area contributed by atoms with Crippen molar-refractivity contribution in [2.45, 2.75) is 11.8 Å². The summed E-state index contributed by atoms with van der Waals surface area (Å²) in [5.41, 5.74) is 0.540. The van der Waals surface area contributed by atoms with Gasteiger partial charge in [0.15, 0.2) is 0 Å². The Balaban J connectivity index is 2.44. The van der Waals surface area contributed by atoms with Crippen molar-refractivity contribution in [1.29, 1.82) is 0 Å².